The second-order valence-electron chi connectivity index (χ2n) is 6.71. The number of hydrogen-bond donors (Lipinski definition) is 0. The fourth-order valence-corrected chi connectivity index (χ4v) is 4.34. The lowest BCUT2D eigenvalue weighted by molar-refractivity contribution is 0.636. The first-order valence-corrected chi connectivity index (χ1v) is 10.0. The molecule has 8 heteroatoms. The van der Waals surface area contributed by atoms with E-state index in [9.17, 15) is 0 Å². The predicted molar refractivity (Wildman–Crippen MR) is 112 cm³/mol. The Hall–Kier alpha value is -3.13. The zero-order valence-corrected chi connectivity index (χ0v) is 16.3. The van der Waals surface area contributed by atoms with Crippen molar-refractivity contribution in [1.29, 1.82) is 0 Å². The molecule has 28 heavy (non-hydrogen) atoms. The van der Waals surface area contributed by atoms with E-state index in [1.165, 1.54) is 4.88 Å². The van der Waals surface area contributed by atoms with Crippen LogP contribution in [0.3, 0.4) is 0 Å². The van der Waals surface area contributed by atoms with Gasteiger partial charge in [0.2, 0.25) is 5.95 Å². The van der Waals surface area contributed by atoms with Gasteiger partial charge < -0.3 is 9.80 Å². The second kappa shape index (κ2) is 7.12. The molecule has 5 heterocycles. The molecule has 0 aliphatic carbocycles. The van der Waals surface area contributed by atoms with Crippen LogP contribution in [0.25, 0.3) is 21.6 Å². The van der Waals surface area contributed by atoms with E-state index in [2.05, 4.69) is 37.7 Å². The maximum atomic E-state index is 4.94. The fourth-order valence-electron chi connectivity index (χ4n) is 3.46. The summed E-state index contributed by atoms with van der Waals surface area (Å²) in [6.07, 6.45) is 7.16. The third kappa shape index (κ3) is 3.16. The number of rotatable bonds is 3. The van der Waals surface area contributed by atoms with Gasteiger partial charge in [-0.2, -0.15) is 0 Å². The van der Waals surface area contributed by atoms with E-state index in [1.54, 1.807) is 29.9 Å². The number of pyridine rings is 1. The van der Waals surface area contributed by atoms with Crippen molar-refractivity contribution in [3.63, 3.8) is 0 Å². The summed E-state index contributed by atoms with van der Waals surface area (Å²) in [5, 5.41) is 1.12. The van der Waals surface area contributed by atoms with Crippen LogP contribution in [0.4, 0.5) is 11.8 Å². The summed E-state index contributed by atoms with van der Waals surface area (Å²) in [6, 6.07) is 7.95. The molecule has 0 radical (unpaired) electrons. The summed E-state index contributed by atoms with van der Waals surface area (Å²) < 4.78 is 0. The molecule has 7 nitrogen and oxygen atoms in total. The molecule has 4 aromatic heterocycles. The molecule has 0 bridgehead atoms. The van der Waals surface area contributed by atoms with Gasteiger partial charge in [0.25, 0.3) is 0 Å². The number of piperazine rings is 1. The Kier molecular flexibility index (Phi) is 4.32. The van der Waals surface area contributed by atoms with Crippen LogP contribution in [0, 0.1) is 6.92 Å². The highest BCUT2D eigenvalue weighted by atomic mass is 32.1. The van der Waals surface area contributed by atoms with E-state index in [-0.39, 0.29) is 0 Å². The van der Waals surface area contributed by atoms with E-state index in [1.807, 2.05) is 24.4 Å². The lowest BCUT2D eigenvalue weighted by Gasteiger charge is -2.35. The number of thiophene rings is 1. The van der Waals surface area contributed by atoms with Gasteiger partial charge in [0.15, 0.2) is 5.82 Å². The first-order chi connectivity index (χ1) is 13.8. The molecule has 140 valence electrons. The molecule has 0 N–H and O–H groups in total. The Morgan fingerprint density at radius 2 is 1.71 bits per heavy atom. The summed E-state index contributed by atoms with van der Waals surface area (Å²) in [5.74, 6) is 2.52. The first-order valence-electron chi connectivity index (χ1n) is 9.23. The molecular formula is C20H19N7S. The van der Waals surface area contributed by atoms with E-state index < -0.39 is 0 Å². The van der Waals surface area contributed by atoms with Crippen molar-refractivity contribution in [2.45, 2.75) is 6.92 Å². The predicted octanol–water partition coefficient (Wildman–Crippen LogP) is 3.18. The lowest BCUT2D eigenvalue weighted by Crippen LogP contribution is -2.47. The standard InChI is InChI=1S/C20H19N7S/c1-14-12-16-18(24-17(25-19(16)28-14)15-4-2-5-21-13-15)26-8-10-27(11-9-26)20-22-6-3-7-23-20/h2-7,12-13H,8-11H2,1H3. The minimum Gasteiger partial charge on any atom is -0.352 e. The Labute approximate surface area is 166 Å². The molecule has 1 fully saturated rings. The smallest absolute Gasteiger partial charge is 0.225 e. The van der Waals surface area contributed by atoms with E-state index in [0.717, 1.165) is 59.5 Å². The molecule has 0 atom stereocenters. The van der Waals surface area contributed by atoms with Gasteiger partial charge in [0, 0.05) is 61.4 Å². The van der Waals surface area contributed by atoms with E-state index in [0.29, 0.717) is 0 Å². The Morgan fingerprint density at radius 3 is 2.46 bits per heavy atom. The number of nitrogens with zero attached hydrogens (tertiary/aromatic N) is 7. The molecule has 0 saturated carbocycles. The SMILES string of the molecule is Cc1cc2c(N3CCN(c4ncccn4)CC3)nc(-c3cccnc3)nc2s1. The van der Waals surface area contributed by atoms with E-state index in [4.69, 9.17) is 9.97 Å². The molecule has 1 aliphatic rings. The van der Waals surface area contributed by atoms with Crippen molar-refractivity contribution in [3.8, 4) is 11.4 Å². The van der Waals surface area contributed by atoms with Crippen molar-refractivity contribution >= 4 is 33.3 Å². The van der Waals surface area contributed by atoms with Crippen LogP contribution in [0.2, 0.25) is 0 Å². The Bertz CT molecular complexity index is 1090. The van der Waals surface area contributed by atoms with Crippen LogP contribution in [0.15, 0.2) is 49.1 Å². The number of hydrogen-bond acceptors (Lipinski definition) is 8. The zero-order chi connectivity index (χ0) is 18.9. The van der Waals surface area contributed by atoms with Crippen LogP contribution in [0.5, 0.6) is 0 Å². The summed E-state index contributed by atoms with van der Waals surface area (Å²) >= 11 is 1.71. The van der Waals surface area contributed by atoms with Gasteiger partial charge in [-0.05, 0) is 31.2 Å². The molecule has 0 spiro atoms. The van der Waals surface area contributed by atoms with Crippen LogP contribution >= 0.6 is 11.3 Å². The van der Waals surface area contributed by atoms with Gasteiger partial charge in [-0.15, -0.1) is 11.3 Å². The molecule has 1 aliphatic heterocycles. The molecule has 4 aromatic rings. The van der Waals surface area contributed by atoms with Gasteiger partial charge in [0.1, 0.15) is 10.6 Å². The summed E-state index contributed by atoms with van der Waals surface area (Å²) in [7, 11) is 0. The van der Waals surface area contributed by atoms with Gasteiger partial charge in [-0.3, -0.25) is 4.98 Å². The highest BCUT2D eigenvalue weighted by Crippen LogP contribution is 2.33. The van der Waals surface area contributed by atoms with Crippen LogP contribution in [0.1, 0.15) is 4.88 Å². The number of anilines is 2. The minimum absolute atomic E-state index is 0.728. The number of fused-ring (bicyclic) bond motifs is 1. The Morgan fingerprint density at radius 1 is 0.929 bits per heavy atom. The monoisotopic (exact) mass is 389 g/mol. The minimum atomic E-state index is 0.728. The molecule has 0 aromatic carbocycles. The van der Waals surface area contributed by atoms with Crippen molar-refractivity contribution in [2.75, 3.05) is 36.0 Å². The zero-order valence-electron chi connectivity index (χ0n) is 15.5. The third-order valence-corrected chi connectivity index (χ3v) is 5.77. The summed E-state index contributed by atoms with van der Waals surface area (Å²) in [6.45, 7) is 5.57. The van der Waals surface area contributed by atoms with Crippen LogP contribution in [-0.4, -0.2) is 51.1 Å². The van der Waals surface area contributed by atoms with Crippen LogP contribution in [-0.2, 0) is 0 Å². The number of aromatic nitrogens is 5. The highest BCUT2D eigenvalue weighted by Gasteiger charge is 2.23. The van der Waals surface area contributed by atoms with Gasteiger partial charge in [-0.1, -0.05) is 0 Å². The summed E-state index contributed by atoms with van der Waals surface area (Å²) in [5.41, 5.74) is 0.938. The largest absolute Gasteiger partial charge is 0.352 e. The maximum Gasteiger partial charge on any atom is 0.225 e. The average Bonchev–Trinajstić information content (AvgIpc) is 3.14. The number of aryl methyl sites for hydroxylation is 1. The van der Waals surface area contributed by atoms with Crippen molar-refractivity contribution < 1.29 is 0 Å². The third-order valence-electron chi connectivity index (χ3n) is 4.83. The highest BCUT2D eigenvalue weighted by molar-refractivity contribution is 7.18. The van der Waals surface area contributed by atoms with Gasteiger partial charge >= 0.3 is 0 Å². The van der Waals surface area contributed by atoms with Crippen LogP contribution < -0.4 is 9.80 Å². The lowest BCUT2D eigenvalue weighted by atomic mass is 10.2. The van der Waals surface area contributed by atoms with Crippen molar-refractivity contribution in [1.82, 2.24) is 24.9 Å². The molecule has 5 rings (SSSR count). The van der Waals surface area contributed by atoms with Gasteiger partial charge in [0.05, 0.1) is 5.39 Å². The molecule has 0 amide bonds. The Balaban J connectivity index is 1.48. The van der Waals surface area contributed by atoms with Crippen molar-refractivity contribution in [3.05, 3.63) is 53.9 Å². The molecule has 1 saturated heterocycles. The summed E-state index contributed by atoms with van der Waals surface area (Å²) in [4.78, 5) is 29.5. The normalized spacial score (nSPS) is 14.6. The average molecular weight is 389 g/mol. The van der Waals surface area contributed by atoms with Crippen molar-refractivity contribution in [2.24, 2.45) is 0 Å². The fraction of sp³-hybridized carbons (Fsp3) is 0.250. The molecular weight excluding hydrogens is 370 g/mol. The van der Waals surface area contributed by atoms with E-state index >= 15 is 0 Å². The topological polar surface area (TPSA) is 70.9 Å². The maximum absolute atomic E-state index is 4.94. The first kappa shape index (κ1) is 17.0. The molecule has 0 unspecified atom stereocenters. The second-order valence-corrected chi connectivity index (χ2v) is 7.95. The van der Waals surface area contributed by atoms with Gasteiger partial charge in [-0.25, -0.2) is 19.9 Å². The quantitative estimate of drug-likeness (QED) is 0.533.